The Labute approximate surface area is 149 Å². The number of carbonyl (C=O) groups is 1. The van der Waals surface area contributed by atoms with E-state index < -0.39 is 0 Å². The number of hydrogen-bond acceptors (Lipinski definition) is 4. The number of hydrogen-bond donors (Lipinski definition) is 1. The maximum atomic E-state index is 12.7. The number of carbonyl (C=O) groups excluding carboxylic acids is 1. The number of aromatic nitrogens is 2. The van der Waals surface area contributed by atoms with Gasteiger partial charge in [-0.05, 0) is 31.2 Å². The number of anilines is 1. The molecule has 2 aromatic heterocycles. The Hall–Kier alpha value is -3.22. The van der Waals surface area contributed by atoms with E-state index in [2.05, 4.69) is 5.32 Å². The van der Waals surface area contributed by atoms with E-state index in [1.54, 1.807) is 46.6 Å². The third-order valence-corrected chi connectivity index (χ3v) is 4.56. The van der Waals surface area contributed by atoms with E-state index in [-0.39, 0.29) is 11.5 Å². The number of nitrogens with zero attached hydrogens (tertiary/aromatic N) is 2. The SMILES string of the molecule is CCn1ccc2c(cc(C(=O)Nc3ccc4c(c3)OCCO4)n2C)c1=O. The van der Waals surface area contributed by atoms with Gasteiger partial charge in [0.25, 0.3) is 11.5 Å². The molecule has 3 aromatic rings. The van der Waals surface area contributed by atoms with Crippen LogP contribution in [-0.2, 0) is 13.6 Å². The highest BCUT2D eigenvalue weighted by Gasteiger charge is 2.17. The van der Waals surface area contributed by atoms with Gasteiger partial charge in [-0.3, -0.25) is 9.59 Å². The van der Waals surface area contributed by atoms with Gasteiger partial charge in [0.05, 0.1) is 10.9 Å². The largest absolute Gasteiger partial charge is 0.486 e. The van der Waals surface area contributed by atoms with E-state index >= 15 is 0 Å². The normalized spacial score (nSPS) is 13.0. The summed E-state index contributed by atoms with van der Waals surface area (Å²) in [4.78, 5) is 25.2. The zero-order valence-electron chi connectivity index (χ0n) is 14.6. The molecule has 1 aliphatic heterocycles. The van der Waals surface area contributed by atoms with Crippen molar-refractivity contribution >= 4 is 22.5 Å². The predicted octanol–water partition coefficient (Wildman–Crippen LogP) is 2.38. The molecule has 3 heterocycles. The average Bonchev–Trinajstić information content (AvgIpc) is 3.00. The molecule has 0 spiro atoms. The maximum Gasteiger partial charge on any atom is 0.272 e. The Morgan fingerprint density at radius 1 is 1.15 bits per heavy atom. The van der Waals surface area contributed by atoms with E-state index in [0.717, 1.165) is 5.52 Å². The van der Waals surface area contributed by atoms with Gasteiger partial charge in [0.15, 0.2) is 11.5 Å². The summed E-state index contributed by atoms with van der Waals surface area (Å²) in [6.45, 7) is 3.50. The first-order chi connectivity index (χ1) is 12.6. The number of pyridine rings is 1. The zero-order chi connectivity index (χ0) is 18.3. The number of nitrogens with one attached hydrogen (secondary N) is 1. The Morgan fingerprint density at radius 2 is 1.92 bits per heavy atom. The van der Waals surface area contributed by atoms with E-state index in [4.69, 9.17) is 9.47 Å². The second-order valence-corrected chi connectivity index (χ2v) is 6.11. The van der Waals surface area contributed by atoms with E-state index in [1.807, 2.05) is 13.0 Å². The molecule has 134 valence electrons. The predicted molar refractivity (Wildman–Crippen MR) is 98.2 cm³/mol. The molecule has 26 heavy (non-hydrogen) atoms. The Morgan fingerprint density at radius 3 is 2.69 bits per heavy atom. The third-order valence-electron chi connectivity index (χ3n) is 4.56. The smallest absolute Gasteiger partial charge is 0.272 e. The minimum absolute atomic E-state index is 0.0982. The lowest BCUT2D eigenvalue weighted by Gasteiger charge is -2.19. The number of aryl methyl sites for hydroxylation is 2. The van der Waals surface area contributed by atoms with Crippen molar-refractivity contribution in [2.45, 2.75) is 13.5 Å². The lowest BCUT2D eigenvalue weighted by molar-refractivity contribution is 0.101. The minimum Gasteiger partial charge on any atom is -0.486 e. The fourth-order valence-electron chi connectivity index (χ4n) is 3.16. The van der Waals surface area contributed by atoms with Crippen LogP contribution in [0, 0.1) is 0 Å². The van der Waals surface area contributed by atoms with Gasteiger partial charge in [0.1, 0.15) is 18.9 Å². The van der Waals surface area contributed by atoms with Crippen LogP contribution < -0.4 is 20.3 Å². The molecule has 0 bridgehead atoms. The maximum absolute atomic E-state index is 12.7. The van der Waals surface area contributed by atoms with Crippen molar-refractivity contribution in [1.82, 2.24) is 9.13 Å². The molecule has 0 saturated heterocycles. The molecular weight excluding hydrogens is 334 g/mol. The lowest BCUT2D eigenvalue weighted by Crippen LogP contribution is -2.17. The van der Waals surface area contributed by atoms with Crippen molar-refractivity contribution in [1.29, 1.82) is 0 Å². The first kappa shape index (κ1) is 16.3. The number of amides is 1. The highest BCUT2D eigenvalue weighted by atomic mass is 16.6. The van der Waals surface area contributed by atoms with Crippen molar-refractivity contribution in [3.05, 3.63) is 52.6 Å². The highest BCUT2D eigenvalue weighted by molar-refractivity contribution is 6.06. The minimum atomic E-state index is -0.289. The summed E-state index contributed by atoms with van der Waals surface area (Å²) in [5.74, 6) is 0.985. The summed E-state index contributed by atoms with van der Waals surface area (Å²) in [5, 5.41) is 3.39. The van der Waals surface area contributed by atoms with Crippen LogP contribution in [0.15, 0.2) is 41.3 Å². The molecule has 0 fully saturated rings. The van der Waals surface area contributed by atoms with E-state index in [9.17, 15) is 9.59 Å². The van der Waals surface area contributed by atoms with Crippen LogP contribution in [-0.4, -0.2) is 28.3 Å². The molecular formula is C19H19N3O4. The molecule has 0 saturated carbocycles. The van der Waals surface area contributed by atoms with Crippen LogP contribution in [0.3, 0.4) is 0 Å². The van der Waals surface area contributed by atoms with Crippen LogP contribution in [0.5, 0.6) is 11.5 Å². The Bertz CT molecular complexity index is 1060. The van der Waals surface area contributed by atoms with Gasteiger partial charge in [0.2, 0.25) is 0 Å². The molecule has 0 aliphatic carbocycles. The molecule has 7 heteroatoms. The van der Waals surface area contributed by atoms with Gasteiger partial charge >= 0.3 is 0 Å². The van der Waals surface area contributed by atoms with Crippen molar-refractivity contribution in [2.24, 2.45) is 7.05 Å². The van der Waals surface area contributed by atoms with Gasteiger partial charge in [0, 0.05) is 31.5 Å². The van der Waals surface area contributed by atoms with Gasteiger partial charge in [-0.1, -0.05) is 0 Å². The third kappa shape index (κ3) is 2.61. The zero-order valence-corrected chi connectivity index (χ0v) is 14.6. The van der Waals surface area contributed by atoms with Crippen LogP contribution in [0.25, 0.3) is 10.9 Å². The number of fused-ring (bicyclic) bond motifs is 2. The quantitative estimate of drug-likeness (QED) is 0.785. The van der Waals surface area contributed by atoms with Crippen molar-refractivity contribution in [3.8, 4) is 11.5 Å². The summed E-state index contributed by atoms with van der Waals surface area (Å²) < 4.78 is 14.4. The molecule has 1 aliphatic rings. The van der Waals surface area contributed by atoms with Gasteiger partial charge in [-0.25, -0.2) is 0 Å². The van der Waals surface area contributed by atoms with Crippen molar-refractivity contribution in [3.63, 3.8) is 0 Å². The van der Waals surface area contributed by atoms with Crippen LogP contribution in [0.4, 0.5) is 5.69 Å². The van der Waals surface area contributed by atoms with Gasteiger partial charge < -0.3 is 23.9 Å². The summed E-state index contributed by atoms with van der Waals surface area (Å²) in [7, 11) is 1.77. The fourth-order valence-corrected chi connectivity index (χ4v) is 3.16. The molecule has 0 unspecified atom stereocenters. The summed E-state index contributed by atoms with van der Waals surface area (Å²) >= 11 is 0. The number of rotatable bonds is 3. The lowest BCUT2D eigenvalue weighted by atomic mass is 10.2. The number of ether oxygens (including phenoxy) is 2. The fraction of sp³-hybridized carbons (Fsp3) is 0.263. The standard InChI is InChI=1S/C19H19N3O4/c1-3-22-7-6-14-13(19(22)24)11-15(21(14)2)18(23)20-12-4-5-16-17(10-12)26-9-8-25-16/h4-7,10-11H,3,8-9H2,1-2H3,(H,20,23). The van der Waals surface area contributed by atoms with Gasteiger partial charge in [-0.15, -0.1) is 0 Å². The Kier molecular flexibility index (Phi) is 3.91. The summed E-state index contributed by atoms with van der Waals surface area (Å²) in [5.41, 5.74) is 1.65. The molecule has 1 amide bonds. The summed E-state index contributed by atoms with van der Waals surface area (Å²) in [6, 6.07) is 8.75. The second kappa shape index (κ2) is 6.25. The van der Waals surface area contributed by atoms with Crippen molar-refractivity contribution in [2.75, 3.05) is 18.5 Å². The average molecular weight is 353 g/mol. The first-order valence-electron chi connectivity index (χ1n) is 8.48. The molecule has 0 radical (unpaired) electrons. The summed E-state index contributed by atoms with van der Waals surface area (Å²) in [6.07, 6.45) is 1.74. The van der Waals surface area contributed by atoms with Crippen molar-refractivity contribution < 1.29 is 14.3 Å². The highest BCUT2D eigenvalue weighted by Crippen LogP contribution is 2.32. The molecule has 7 nitrogen and oxygen atoms in total. The number of benzene rings is 1. The molecule has 1 N–H and O–H groups in total. The Balaban J connectivity index is 1.67. The van der Waals surface area contributed by atoms with E-state index in [0.29, 0.717) is 48.0 Å². The van der Waals surface area contributed by atoms with Crippen LogP contribution >= 0.6 is 0 Å². The topological polar surface area (TPSA) is 74.5 Å². The first-order valence-corrected chi connectivity index (χ1v) is 8.48. The van der Waals surface area contributed by atoms with Crippen LogP contribution in [0.1, 0.15) is 17.4 Å². The second-order valence-electron chi connectivity index (χ2n) is 6.11. The molecule has 1 aromatic carbocycles. The van der Waals surface area contributed by atoms with Crippen LogP contribution in [0.2, 0.25) is 0 Å². The molecule has 4 rings (SSSR count). The monoisotopic (exact) mass is 353 g/mol. The molecule has 0 atom stereocenters. The van der Waals surface area contributed by atoms with Gasteiger partial charge in [-0.2, -0.15) is 0 Å². The van der Waals surface area contributed by atoms with E-state index in [1.165, 1.54) is 0 Å².